The van der Waals surface area contributed by atoms with Crippen LogP contribution in [-0.4, -0.2) is 17.8 Å². The molecule has 0 aliphatic rings. The smallest absolute Gasteiger partial charge is 0.327 e. The predicted molar refractivity (Wildman–Crippen MR) is 71.0 cm³/mol. The fourth-order valence-electron chi connectivity index (χ4n) is 1.41. The van der Waals surface area contributed by atoms with Gasteiger partial charge in [-0.3, -0.25) is 4.79 Å². The standard InChI is InChI=1S/C13H19NO2S/c1-13(2,3)17-10-8-6-5-7-9(10)11(14)12(15)16-4/h5-8,11H,14H2,1-4H3/t11-/m0/s1. The van der Waals surface area contributed by atoms with Gasteiger partial charge in [0.1, 0.15) is 6.04 Å². The molecule has 0 unspecified atom stereocenters. The van der Waals surface area contributed by atoms with Gasteiger partial charge in [0.05, 0.1) is 7.11 Å². The molecule has 0 aliphatic carbocycles. The van der Waals surface area contributed by atoms with Crippen LogP contribution in [0.5, 0.6) is 0 Å². The molecule has 0 aromatic heterocycles. The first kappa shape index (κ1) is 14.1. The molecule has 0 fully saturated rings. The summed E-state index contributed by atoms with van der Waals surface area (Å²) in [4.78, 5) is 12.5. The molecule has 0 spiro atoms. The van der Waals surface area contributed by atoms with Crippen LogP contribution in [0.15, 0.2) is 29.2 Å². The number of hydrogen-bond acceptors (Lipinski definition) is 4. The van der Waals surface area contributed by atoms with Crippen LogP contribution in [0.3, 0.4) is 0 Å². The van der Waals surface area contributed by atoms with Gasteiger partial charge >= 0.3 is 5.97 Å². The van der Waals surface area contributed by atoms with E-state index in [0.29, 0.717) is 0 Å². The zero-order valence-corrected chi connectivity index (χ0v) is 11.5. The molecule has 0 saturated carbocycles. The van der Waals surface area contributed by atoms with Crippen LogP contribution in [-0.2, 0) is 9.53 Å². The Morgan fingerprint density at radius 2 is 1.94 bits per heavy atom. The molecule has 94 valence electrons. The van der Waals surface area contributed by atoms with E-state index in [9.17, 15) is 4.79 Å². The number of nitrogens with two attached hydrogens (primary N) is 1. The monoisotopic (exact) mass is 253 g/mol. The molecule has 2 N–H and O–H groups in total. The summed E-state index contributed by atoms with van der Waals surface area (Å²) in [5, 5.41) is 0. The van der Waals surface area contributed by atoms with Crippen molar-refractivity contribution >= 4 is 17.7 Å². The fourth-order valence-corrected chi connectivity index (χ4v) is 2.53. The van der Waals surface area contributed by atoms with Gasteiger partial charge in [0.15, 0.2) is 0 Å². The fraction of sp³-hybridized carbons (Fsp3) is 0.462. The number of benzene rings is 1. The van der Waals surface area contributed by atoms with Crippen LogP contribution in [0.4, 0.5) is 0 Å². The zero-order valence-electron chi connectivity index (χ0n) is 10.7. The molecular formula is C13H19NO2S. The van der Waals surface area contributed by atoms with Gasteiger partial charge in [-0.1, -0.05) is 39.0 Å². The third kappa shape index (κ3) is 4.06. The Hall–Kier alpha value is -1.00. The maximum atomic E-state index is 11.5. The summed E-state index contributed by atoms with van der Waals surface area (Å²) in [6.45, 7) is 6.37. The predicted octanol–water partition coefficient (Wildman–Crippen LogP) is 2.75. The largest absolute Gasteiger partial charge is 0.468 e. The van der Waals surface area contributed by atoms with Crippen molar-refractivity contribution in [1.29, 1.82) is 0 Å². The molecule has 0 radical (unpaired) electrons. The van der Waals surface area contributed by atoms with Crippen molar-refractivity contribution in [3.05, 3.63) is 29.8 Å². The molecule has 1 atom stereocenters. The van der Waals surface area contributed by atoms with E-state index in [2.05, 4.69) is 25.5 Å². The zero-order chi connectivity index (χ0) is 13.1. The minimum absolute atomic E-state index is 0.0753. The molecule has 0 bridgehead atoms. The van der Waals surface area contributed by atoms with Crippen LogP contribution >= 0.6 is 11.8 Å². The quantitative estimate of drug-likeness (QED) is 0.665. The van der Waals surface area contributed by atoms with Crippen LogP contribution < -0.4 is 5.73 Å². The topological polar surface area (TPSA) is 52.3 Å². The second-order valence-corrected chi connectivity index (χ2v) is 6.62. The molecule has 0 amide bonds. The summed E-state index contributed by atoms with van der Waals surface area (Å²) in [5.41, 5.74) is 6.70. The van der Waals surface area contributed by atoms with Crippen molar-refractivity contribution in [3.63, 3.8) is 0 Å². The van der Waals surface area contributed by atoms with E-state index in [1.807, 2.05) is 24.3 Å². The summed E-state index contributed by atoms with van der Waals surface area (Å²) in [6, 6.07) is 6.96. The second kappa shape index (κ2) is 5.56. The van der Waals surface area contributed by atoms with Crippen LogP contribution in [0.1, 0.15) is 32.4 Å². The van der Waals surface area contributed by atoms with Gasteiger partial charge < -0.3 is 10.5 Å². The molecule has 1 aromatic carbocycles. The molecular weight excluding hydrogens is 234 g/mol. The molecule has 0 saturated heterocycles. The van der Waals surface area contributed by atoms with Crippen molar-refractivity contribution in [1.82, 2.24) is 0 Å². The summed E-state index contributed by atoms with van der Waals surface area (Å²) < 4.78 is 4.75. The normalized spacial score (nSPS) is 13.2. The number of rotatable bonds is 3. The lowest BCUT2D eigenvalue weighted by Gasteiger charge is -2.21. The Morgan fingerprint density at radius 3 is 2.47 bits per heavy atom. The highest BCUT2D eigenvalue weighted by Crippen LogP contribution is 2.35. The Labute approximate surface area is 107 Å². The Morgan fingerprint density at radius 1 is 1.35 bits per heavy atom. The highest BCUT2D eigenvalue weighted by Gasteiger charge is 2.22. The maximum absolute atomic E-state index is 11.5. The number of carbonyl (C=O) groups excluding carboxylic acids is 1. The third-order valence-electron chi connectivity index (χ3n) is 2.13. The maximum Gasteiger partial charge on any atom is 0.327 e. The minimum atomic E-state index is -0.717. The van der Waals surface area contributed by atoms with E-state index >= 15 is 0 Å². The van der Waals surface area contributed by atoms with Gasteiger partial charge in [0, 0.05) is 9.64 Å². The van der Waals surface area contributed by atoms with Gasteiger partial charge in [0.2, 0.25) is 0 Å². The van der Waals surface area contributed by atoms with E-state index < -0.39 is 12.0 Å². The molecule has 3 nitrogen and oxygen atoms in total. The van der Waals surface area contributed by atoms with Gasteiger partial charge in [-0.25, -0.2) is 0 Å². The highest BCUT2D eigenvalue weighted by atomic mass is 32.2. The lowest BCUT2D eigenvalue weighted by molar-refractivity contribution is -0.142. The SMILES string of the molecule is COC(=O)[C@@H](N)c1ccccc1SC(C)(C)C. The lowest BCUT2D eigenvalue weighted by atomic mass is 10.1. The van der Waals surface area contributed by atoms with E-state index in [-0.39, 0.29) is 4.75 Å². The second-order valence-electron chi connectivity index (χ2n) is 4.75. The van der Waals surface area contributed by atoms with E-state index in [1.165, 1.54) is 7.11 Å². The average Bonchev–Trinajstić information content (AvgIpc) is 2.25. The van der Waals surface area contributed by atoms with Crippen molar-refractivity contribution in [2.45, 2.75) is 36.5 Å². The highest BCUT2D eigenvalue weighted by molar-refractivity contribution is 8.00. The van der Waals surface area contributed by atoms with Crippen molar-refractivity contribution < 1.29 is 9.53 Å². The van der Waals surface area contributed by atoms with Crippen LogP contribution in [0, 0.1) is 0 Å². The average molecular weight is 253 g/mol. The number of thioether (sulfide) groups is 1. The Balaban J connectivity index is 3.03. The van der Waals surface area contributed by atoms with Gasteiger partial charge in [0.25, 0.3) is 0 Å². The van der Waals surface area contributed by atoms with Crippen LogP contribution in [0.25, 0.3) is 0 Å². The van der Waals surface area contributed by atoms with Crippen molar-refractivity contribution in [2.75, 3.05) is 7.11 Å². The number of methoxy groups -OCH3 is 1. The summed E-state index contributed by atoms with van der Waals surface area (Å²) >= 11 is 1.70. The first-order valence-electron chi connectivity index (χ1n) is 5.46. The van der Waals surface area contributed by atoms with E-state index in [0.717, 1.165) is 10.5 Å². The number of ether oxygens (including phenoxy) is 1. The van der Waals surface area contributed by atoms with Crippen LogP contribution in [0.2, 0.25) is 0 Å². The Kier molecular flexibility index (Phi) is 4.60. The first-order valence-corrected chi connectivity index (χ1v) is 6.28. The van der Waals surface area contributed by atoms with Gasteiger partial charge in [-0.15, -0.1) is 11.8 Å². The Bertz CT molecular complexity index is 399. The molecule has 0 heterocycles. The molecule has 1 rings (SSSR count). The summed E-state index contributed by atoms with van der Waals surface area (Å²) in [6.07, 6.45) is 0. The molecule has 17 heavy (non-hydrogen) atoms. The number of esters is 1. The van der Waals surface area contributed by atoms with Crippen molar-refractivity contribution in [3.8, 4) is 0 Å². The lowest BCUT2D eigenvalue weighted by Crippen LogP contribution is -2.23. The number of carbonyl (C=O) groups is 1. The van der Waals surface area contributed by atoms with Crippen molar-refractivity contribution in [2.24, 2.45) is 5.73 Å². The third-order valence-corrected chi connectivity index (χ3v) is 3.33. The van der Waals surface area contributed by atoms with Gasteiger partial charge in [-0.2, -0.15) is 0 Å². The van der Waals surface area contributed by atoms with Gasteiger partial charge in [-0.05, 0) is 11.6 Å². The van der Waals surface area contributed by atoms with E-state index in [4.69, 9.17) is 5.73 Å². The molecule has 1 aromatic rings. The summed E-state index contributed by atoms with van der Waals surface area (Å²) in [5.74, 6) is -0.410. The number of hydrogen-bond donors (Lipinski definition) is 1. The molecule has 4 heteroatoms. The van der Waals surface area contributed by atoms with E-state index in [1.54, 1.807) is 11.8 Å². The minimum Gasteiger partial charge on any atom is -0.468 e. The summed E-state index contributed by atoms with van der Waals surface area (Å²) in [7, 11) is 1.35. The molecule has 0 aliphatic heterocycles. The first-order chi connectivity index (χ1) is 7.85.